The number of hydrogen-bond donors (Lipinski definition) is 2. The first-order chi connectivity index (χ1) is 9.52. The van der Waals surface area contributed by atoms with Crippen LogP contribution in [0.3, 0.4) is 0 Å². The number of hydrogen-bond acceptors (Lipinski definition) is 2. The van der Waals surface area contributed by atoms with E-state index in [1.807, 2.05) is 31.2 Å². The molecule has 0 saturated heterocycles. The Hall–Kier alpha value is -1.23. The summed E-state index contributed by atoms with van der Waals surface area (Å²) in [4.78, 5) is 0. The van der Waals surface area contributed by atoms with Crippen molar-refractivity contribution in [2.75, 3.05) is 6.54 Å². The van der Waals surface area contributed by atoms with Gasteiger partial charge in [-0.05, 0) is 24.6 Å². The van der Waals surface area contributed by atoms with Gasteiger partial charge < -0.3 is 10.8 Å². The minimum absolute atomic E-state index is 0.250. The third kappa shape index (κ3) is 3.26. The molecule has 0 aliphatic carbocycles. The van der Waals surface area contributed by atoms with Crippen molar-refractivity contribution in [3.8, 4) is 0 Å². The van der Waals surface area contributed by atoms with Gasteiger partial charge in [0.2, 0.25) is 0 Å². The Morgan fingerprint density at radius 2 is 2.00 bits per heavy atom. The second kappa shape index (κ2) is 6.48. The van der Waals surface area contributed by atoms with Crippen LogP contribution < -0.4 is 5.73 Å². The summed E-state index contributed by atoms with van der Waals surface area (Å²) in [6, 6.07) is 12.4. The standard InChI is InChI=1S/C16H17BrFNO/c1-10-3-2-4-11(7-10)14(9-19)16(20)13-6-5-12(17)8-15(13)18/h2-8,14,16,20H,9,19H2,1H3. The molecule has 0 fully saturated rings. The van der Waals surface area contributed by atoms with Crippen LogP contribution in [-0.4, -0.2) is 11.7 Å². The van der Waals surface area contributed by atoms with Gasteiger partial charge in [-0.15, -0.1) is 0 Å². The van der Waals surface area contributed by atoms with Crippen LogP contribution in [-0.2, 0) is 0 Å². The molecular weight excluding hydrogens is 321 g/mol. The molecule has 20 heavy (non-hydrogen) atoms. The fourth-order valence-electron chi connectivity index (χ4n) is 2.31. The molecule has 106 valence electrons. The zero-order valence-corrected chi connectivity index (χ0v) is 12.8. The topological polar surface area (TPSA) is 46.2 Å². The molecule has 3 N–H and O–H groups in total. The summed E-state index contributed by atoms with van der Waals surface area (Å²) in [5.41, 5.74) is 8.06. The fourth-order valence-corrected chi connectivity index (χ4v) is 2.64. The molecule has 2 atom stereocenters. The third-order valence-corrected chi connectivity index (χ3v) is 3.88. The van der Waals surface area contributed by atoms with Gasteiger partial charge in [0.15, 0.2) is 0 Å². The maximum absolute atomic E-state index is 14.0. The van der Waals surface area contributed by atoms with Crippen molar-refractivity contribution >= 4 is 15.9 Å². The Morgan fingerprint density at radius 3 is 2.60 bits per heavy atom. The molecule has 0 heterocycles. The number of rotatable bonds is 4. The molecule has 0 spiro atoms. The summed E-state index contributed by atoms with van der Waals surface area (Å²) in [7, 11) is 0. The summed E-state index contributed by atoms with van der Waals surface area (Å²) in [6.07, 6.45) is -0.963. The number of aryl methyl sites for hydroxylation is 1. The molecule has 4 heteroatoms. The summed E-state index contributed by atoms with van der Waals surface area (Å²) in [5.74, 6) is -0.761. The van der Waals surface area contributed by atoms with E-state index >= 15 is 0 Å². The Kier molecular flexibility index (Phi) is 4.91. The van der Waals surface area contributed by atoms with Gasteiger partial charge in [-0.3, -0.25) is 0 Å². The van der Waals surface area contributed by atoms with Gasteiger partial charge >= 0.3 is 0 Å². The van der Waals surface area contributed by atoms with E-state index in [9.17, 15) is 9.50 Å². The van der Waals surface area contributed by atoms with Crippen molar-refractivity contribution in [2.24, 2.45) is 5.73 Å². The molecule has 0 aliphatic rings. The van der Waals surface area contributed by atoms with Crippen molar-refractivity contribution < 1.29 is 9.50 Å². The molecule has 2 rings (SSSR count). The van der Waals surface area contributed by atoms with Crippen molar-refractivity contribution in [2.45, 2.75) is 18.9 Å². The molecular formula is C16H17BrFNO. The predicted octanol–water partition coefficient (Wildman–Crippen LogP) is 3.67. The Balaban J connectivity index is 2.36. The fraction of sp³-hybridized carbons (Fsp3) is 0.250. The molecule has 0 amide bonds. The van der Waals surface area contributed by atoms with E-state index in [4.69, 9.17) is 5.73 Å². The van der Waals surface area contributed by atoms with Crippen LogP contribution in [0.1, 0.15) is 28.7 Å². The smallest absolute Gasteiger partial charge is 0.130 e. The molecule has 0 aromatic heterocycles. The van der Waals surface area contributed by atoms with Gasteiger partial charge in [-0.1, -0.05) is 51.8 Å². The molecule has 2 aromatic carbocycles. The highest BCUT2D eigenvalue weighted by Gasteiger charge is 2.24. The normalized spacial score (nSPS) is 14.1. The Morgan fingerprint density at radius 1 is 1.25 bits per heavy atom. The first kappa shape index (κ1) is 15.2. The van der Waals surface area contributed by atoms with Crippen molar-refractivity contribution in [1.82, 2.24) is 0 Å². The van der Waals surface area contributed by atoms with E-state index < -0.39 is 11.9 Å². The average molecular weight is 338 g/mol. The molecule has 0 aliphatic heterocycles. The highest BCUT2D eigenvalue weighted by Crippen LogP contribution is 2.32. The largest absolute Gasteiger partial charge is 0.388 e. The lowest BCUT2D eigenvalue weighted by Gasteiger charge is -2.23. The highest BCUT2D eigenvalue weighted by atomic mass is 79.9. The first-order valence-corrected chi connectivity index (χ1v) is 7.22. The lowest BCUT2D eigenvalue weighted by molar-refractivity contribution is 0.143. The predicted molar refractivity (Wildman–Crippen MR) is 82.0 cm³/mol. The monoisotopic (exact) mass is 337 g/mol. The molecule has 0 radical (unpaired) electrons. The number of halogens is 2. The van der Waals surface area contributed by atoms with Crippen LogP contribution in [0.2, 0.25) is 0 Å². The zero-order valence-electron chi connectivity index (χ0n) is 11.2. The summed E-state index contributed by atoms with van der Waals surface area (Å²) < 4.78 is 14.6. The molecule has 2 nitrogen and oxygen atoms in total. The molecule has 0 bridgehead atoms. The number of nitrogens with two attached hydrogens (primary N) is 1. The molecule has 2 unspecified atom stereocenters. The maximum atomic E-state index is 14.0. The maximum Gasteiger partial charge on any atom is 0.130 e. The summed E-state index contributed by atoms with van der Waals surface area (Å²) >= 11 is 3.21. The SMILES string of the molecule is Cc1cccc(C(CN)C(O)c2ccc(Br)cc2F)c1. The second-order valence-electron chi connectivity index (χ2n) is 4.87. The Labute approximate surface area is 126 Å². The van der Waals surface area contributed by atoms with Crippen LogP contribution in [0.15, 0.2) is 46.9 Å². The van der Waals surface area contributed by atoms with Crippen molar-refractivity contribution in [1.29, 1.82) is 0 Å². The molecule has 2 aromatic rings. The molecule has 0 saturated carbocycles. The van der Waals surface area contributed by atoms with E-state index in [2.05, 4.69) is 15.9 Å². The van der Waals surface area contributed by atoms with Gasteiger partial charge in [-0.25, -0.2) is 4.39 Å². The third-order valence-electron chi connectivity index (χ3n) is 3.39. The Bertz CT molecular complexity index is 603. The number of benzene rings is 2. The second-order valence-corrected chi connectivity index (χ2v) is 5.78. The van der Waals surface area contributed by atoms with Crippen LogP contribution >= 0.6 is 15.9 Å². The van der Waals surface area contributed by atoms with Crippen LogP contribution in [0, 0.1) is 12.7 Å². The summed E-state index contributed by atoms with van der Waals surface area (Å²) in [5, 5.41) is 10.5. The van der Waals surface area contributed by atoms with Crippen LogP contribution in [0.4, 0.5) is 4.39 Å². The van der Waals surface area contributed by atoms with Gasteiger partial charge in [0, 0.05) is 22.5 Å². The van der Waals surface area contributed by atoms with E-state index in [1.54, 1.807) is 12.1 Å². The first-order valence-electron chi connectivity index (χ1n) is 6.42. The van der Waals surface area contributed by atoms with Gasteiger partial charge in [-0.2, -0.15) is 0 Å². The van der Waals surface area contributed by atoms with E-state index in [0.717, 1.165) is 11.1 Å². The van der Waals surface area contributed by atoms with Crippen LogP contribution in [0.5, 0.6) is 0 Å². The highest BCUT2D eigenvalue weighted by molar-refractivity contribution is 9.10. The zero-order chi connectivity index (χ0) is 14.7. The van der Waals surface area contributed by atoms with E-state index in [0.29, 0.717) is 4.47 Å². The van der Waals surface area contributed by atoms with Crippen LogP contribution in [0.25, 0.3) is 0 Å². The number of aliphatic hydroxyl groups excluding tert-OH is 1. The van der Waals surface area contributed by atoms with E-state index in [-0.39, 0.29) is 18.0 Å². The quantitative estimate of drug-likeness (QED) is 0.893. The van der Waals surface area contributed by atoms with Crippen molar-refractivity contribution in [3.63, 3.8) is 0 Å². The van der Waals surface area contributed by atoms with Gasteiger partial charge in [0.05, 0.1) is 6.10 Å². The lowest BCUT2D eigenvalue weighted by atomic mass is 9.88. The van der Waals surface area contributed by atoms with E-state index in [1.165, 1.54) is 6.07 Å². The minimum Gasteiger partial charge on any atom is -0.388 e. The van der Waals surface area contributed by atoms with Gasteiger partial charge in [0.1, 0.15) is 5.82 Å². The minimum atomic E-state index is -0.963. The van der Waals surface area contributed by atoms with Crippen molar-refractivity contribution in [3.05, 3.63) is 69.4 Å². The lowest BCUT2D eigenvalue weighted by Crippen LogP contribution is -2.21. The average Bonchev–Trinajstić information content (AvgIpc) is 2.39. The summed E-state index contributed by atoms with van der Waals surface area (Å²) in [6.45, 7) is 2.23. The van der Waals surface area contributed by atoms with Gasteiger partial charge in [0.25, 0.3) is 0 Å². The number of aliphatic hydroxyl groups is 1.